The van der Waals surface area contributed by atoms with Crippen LogP contribution in [0.25, 0.3) is 0 Å². The van der Waals surface area contributed by atoms with Gasteiger partial charge in [-0.2, -0.15) is 0 Å². The van der Waals surface area contributed by atoms with Crippen molar-refractivity contribution in [2.75, 3.05) is 13.2 Å². The molecule has 6 heteroatoms. The molecule has 2 unspecified atom stereocenters. The number of oxazole rings is 1. The summed E-state index contributed by atoms with van der Waals surface area (Å²) < 4.78 is 10.3. The molecule has 1 heterocycles. The normalized spacial score (nSPS) is 15.8. The molecule has 1 aromatic heterocycles. The molecule has 0 aliphatic heterocycles. The zero-order valence-corrected chi connectivity index (χ0v) is 12.8. The molecule has 1 aromatic rings. The van der Waals surface area contributed by atoms with Crippen LogP contribution in [0.2, 0.25) is 0 Å². The summed E-state index contributed by atoms with van der Waals surface area (Å²) >= 11 is 1.51. The first-order valence-corrected chi connectivity index (χ1v) is 7.38. The first kappa shape index (κ1) is 16.0. The van der Waals surface area contributed by atoms with Gasteiger partial charge in [0.05, 0.1) is 12.8 Å². The smallest absolute Gasteiger partial charge is 0.326 e. The van der Waals surface area contributed by atoms with Gasteiger partial charge in [0.1, 0.15) is 11.8 Å². The van der Waals surface area contributed by atoms with Gasteiger partial charge in [-0.15, -0.1) is 0 Å². The van der Waals surface area contributed by atoms with Crippen molar-refractivity contribution in [1.82, 2.24) is 10.3 Å². The quantitative estimate of drug-likeness (QED) is 0.585. The summed E-state index contributed by atoms with van der Waals surface area (Å²) in [5.74, 6) is -0.211. The molecular weight excluding hydrogens is 264 g/mol. The van der Waals surface area contributed by atoms with Gasteiger partial charge in [-0.25, -0.2) is 4.98 Å². The van der Waals surface area contributed by atoms with Gasteiger partial charge in [0.25, 0.3) is 5.22 Å². The predicted molar refractivity (Wildman–Crippen MR) is 75.2 cm³/mol. The maximum atomic E-state index is 12.1. The molecule has 1 N–H and O–H groups in total. The molecule has 0 aromatic carbocycles. The molecule has 0 saturated carbocycles. The molecule has 5 nitrogen and oxygen atoms in total. The highest BCUT2D eigenvalue weighted by Gasteiger charge is 2.35. The number of hydrogen-bond acceptors (Lipinski definition) is 6. The molecule has 2 atom stereocenters. The average molecular weight is 286 g/mol. The Hall–Kier alpha value is -1.01. The molecule has 0 bridgehead atoms. The standard InChI is InChI=1S/C13H22N2O3S/c1-5-15-13(4,11(16)17-6-2)9-10(3)19-12-14-7-8-18-12/h7-8,10,15H,5-6,9H2,1-4H3. The second-order valence-corrected chi connectivity index (χ2v) is 5.90. The fourth-order valence-corrected chi connectivity index (χ4v) is 2.96. The van der Waals surface area contributed by atoms with Crippen molar-refractivity contribution < 1.29 is 13.9 Å². The van der Waals surface area contributed by atoms with E-state index in [1.807, 2.05) is 27.7 Å². The Morgan fingerprint density at radius 3 is 2.89 bits per heavy atom. The van der Waals surface area contributed by atoms with Crippen LogP contribution in [0.4, 0.5) is 0 Å². The van der Waals surface area contributed by atoms with E-state index in [-0.39, 0.29) is 11.2 Å². The van der Waals surface area contributed by atoms with Crippen molar-refractivity contribution in [3.05, 3.63) is 12.5 Å². The van der Waals surface area contributed by atoms with Crippen molar-refractivity contribution >= 4 is 17.7 Å². The summed E-state index contributed by atoms with van der Waals surface area (Å²) in [4.78, 5) is 16.1. The second-order valence-electron chi connectivity index (χ2n) is 4.51. The van der Waals surface area contributed by atoms with E-state index in [2.05, 4.69) is 10.3 Å². The number of carbonyl (C=O) groups excluding carboxylic acids is 1. The van der Waals surface area contributed by atoms with Crippen LogP contribution < -0.4 is 5.32 Å². The highest BCUT2D eigenvalue weighted by molar-refractivity contribution is 7.99. The lowest BCUT2D eigenvalue weighted by molar-refractivity contribution is -0.150. The molecular formula is C13H22N2O3S. The van der Waals surface area contributed by atoms with Gasteiger partial charge in [0.2, 0.25) is 0 Å². The fraction of sp³-hybridized carbons (Fsp3) is 0.692. The van der Waals surface area contributed by atoms with E-state index in [1.54, 1.807) is 12.5 Å². The van der Waals surface area contributed by atoms with E-state index < -0.39 is 5.54 Å². The third-order valence-electron chi connectivity index (χ3n) is 2.70. The summed E-state index contributed by atoms with van der Waals surface area (Å²) in [5.41, 5.74) is -0.677. The largest absolute Gasteiger partial charge is 0.465 e. The number of esters is 1. The third-order valence-corrected chi connectivity index (χ3v) is 3.67. The molecule has 0 spiro atoms. The van der Waals surface area contributed by atoms with E-state index in [4.69, 9.17) is 9.15 Å². The molecule has 1 rings (SSSR count). The average Bonchev–Trinajstić information content (AvgIpc) is 2.82. The summed E-state index contributed by atoms with van der Waals surface area (Å²) in [5, 5.41) is 4.02. The first-order valence-electron chi connectivity index (χ1n) is 6.50. The molecule has 108 valence electrons. The van der Waals surface area contributed by atoms with Crippen LogP contribution in [0.3, 0.4) is 0 Å². The number of likely N-dealkylation sites (N-methyl/N-ethyl adjacent to an activating group) is 1. The molecule has 0 fully saturated rings. The Balaban J connectivity index is 2.63. The van der Waals surface area contributed by atoms with Gasteiger partial charge in [-0.3, -0.25) is 4.79 Å². The van der Waals surface area contributed by atoms with Crippen molar-refractivity contribution in [2.24, 2.45) is 0 Å². The Kier molecular flexibility index (Phi) is 6.37. The van der Waals surface area contributed by atoms with Crippen molar-refractivity contribution in [3.63, 3.8) is 0 Å². The number of ether oxygens (including phenoxy) is 1. The summed E-state index contributed by atoms with van der Waals surface area (Å²) in [7, 11) is 0. The van der Waals surface area contributed by atoms with E-state index in [1.165, 1.54) is 11.8 Å². The number of aromatic nitrogens is 1. The lowest BCUT2D eigenvalue weighted by atomic mass is 9.96. The van der Waals surface area contributed by atoms with Crippen molar-refractivity contribution in [3.8, 4) is 0 Å². The van der Waals surface area contributed by atoms with Crippen LogP contribution in [0.1, 0.15) is 34.1 Å². The van der Waals surface area contributed by atoms with Gasteiger partial charge in [0, 0.05) is 5.25 Å². The Morgan fingerprint density at radius 1 is 1.63 bits per heavy atom. The van der Waals surface area contributed by atoms with Crippen LogP contribution in [0.15, 0.2) is 22.1 Å². The molecule has 0 aliphatic rings. The van der Waals surface area contributed by atoms with E-state index in [0.29, 0.717) is 24.8 Å². The minimum Gasteiger partial charge on any atom is -0.465 e. The maximum absolute atomic E-state index is 12.1. The first-order chi connectivity index (χ1) is 9.01. The SMILES string of the molecule is CCNC(C)(CC(C)Sc1ncco1)C(=O)OCC. The van der Waals surface area contributed by atoms with Crippen molar-refractivity contribution in [1.29, 1.82) is 0 Å². The Morgan fingerprint density at radius 2 is 2.37 bits per heavy atom. The summed E-state index contributed by atoms with van der Waals surface area (Å²) in [6.07, 6.45) is 3.81. The van der Waals surface area contributed by atoms with E-state index in [0.717, 1.165) is 0 Å². The minimum absolute atomic E-state index is 0.187. The topological polar surface area (TPSA) is 64.4 Å². The maximum Gasteiger partial charge on any atom is 0.326 e. The summed E-state index contributed by atoms with van der Waals surface area (Å²) in [6.45, 7) is 8.82. The van der Waals surface area contributed by atoms with E-state index in [9.17, 15) is 4.79 Å². The van der Waals surface area contributed by atoms with Gasteiger partial charge >= 0.3 is 5.97 Å². The van der Waals surface area contributed by atoms with E-state index >= 15 is 0 Å². The molecule has 0 radical (unpaired) electrons. The highest BCUT2D eigenvalue weighted by Crippen LogP contribution is 2.28. The lowest BCUT2D eigenvalue weighted by Crippen LogP contribution is -2.51. The number of carbonyl (C=O) groups is 1. The second kappa shape index (κ2) is 7.55. The number of nitrogens with zero attached hydrogens (tertiary/aromatic N) is 1. The third kappa shape index (κ3) is 4.87. The van der Waals surface area contributed by atoms with Crippen LogP contribution in [-0.4, -0.2) is 34.9 Å². The van der Waals surface area contributed by atoms with Crippen LogP contribution >= 0.6 is 11.8 Å². The Labute approximate surface area is 118 Å². The number of nitrogens with one attached hydrogen (secondary N) is 1. The van der Waals surface area contributed by atoms with Gasteiger partial charge in [-0.1, -0.05) is 25.6 Å². The number of rotatable bonds is 8. The van der Waals surface area contributed by atoms with Crippen LogP contribution in [0.5, 0.6) is 0 Å². The minimum atomic E-state index is -0.677. The molecule has 0 aliphatic carbocycles. The molecule has 0 amide bonds. The van der Waals surface area contributed by atoms with Crippen molar-refractivity contribution in [2.45, 2.75) is 50.1 Å². The zero-order valence-electron chi connectivity index (χ0n) is 11.9. The number of thioether (sulfide) groups is 1. The summed E-state index contributed by atoms with van der Waals surface area (Å²) in [6, 6.07) is 0. The predicted octanol–water partition coefficient (Wildman–Crippen LogP) is 2.48. The highest BCUT2D eigenvalue weighted by atomic mass is 32.2. The van der Waals surface area contributed by atoms with Gasteiger partial charge in [-0.05, 0) is 26.8 Å². The van der Waals surface area contributed by atoms with Crippen LogP contribution in [0, 0.1) is 0 Å². The lowest BCUT2D eigenvalue weighted by Gasteiger charge is -2.30. The van der Waals surface area contributed by atoms with Gasteiger partial charge in [0.15, 0.2) is 0 Å². The van der Waals surface area contributed by atoms with Crippen LogP contribution in [-0.2, 0) is 9.53 Å². The fourth-order valence-electron chi connectivity index (χ4n) is 1.97. The molecule has 0 saturated heterocycles. The van der Waals surface area contributed by atoms with Gasteiger partial charge < -0.3 is 14.5 Å². The Bertz CT molecular complexity index is 383. The molecule has 19 heavy (non-hydrogen) atoms. The zero-order chi connectivity index (χ0) is 14.3. The number of hydrogen-bond donors (Lipinski definition) is 1. The monoisotopic (exact) mass is 286 g/mol.